The highest BCUT2D eigenvalue weighted by Crippen LogP contribution is 2.41. The Morgan fingerprint density at radius 1 is 0.967 bits per heavy atom. The predicted octanol–water partition coefficient (Wildman–Crippen LogP) is 2.25. The van der Waals surface area contributed by atoms with Crippen LogP contribution in [0.4, 0.5) is 4.39 Å². The molecule has 3 rings (SSSR count). The van der Waals surface area contributed by atoms with Gasteiger partial charge in [-0.15, -0.1) is 0 Å². The first-order valence-corrected chi connectivity index (χ1v) is 8.80. The Kier molecular flexibility index (Phi) is 6.01. The zero-order valence-electron chi connectivity index (χ0n) is 16.5. The quantitative estimate of drug-likeness (QED) is 0.596. The number of H-pyrrole nitrogens is 1. The van der Waals surface area contributed by atoms with Crippen molar-refractivity contribution in [3.63, 3.8) is 0 Å². The topological polar surface area (TPSA) is 99.6 Å². The van der Waals surface area contributed by atoms with Gasteiger partial charge in [0.25, 0.3) is 5.56 Å². The molecule has 1 aromatic heterocycles. The van der Waals surface area contributed by atoms with Gasteiger partial charge in [0.2, 0.25) is 11.6 Å². The van der Waals surface area contributed by atoms with Gasteiger partial charge in [-0.1, -0.05) is 24.3 Å². The number of benzene rings is 2. The molecular weight excluding hydrogens is 395 g/mol. The number of nitrogens with zero attached hydrogens (tertiary/aromatic N) is 1. The molecule has 0 aliphatic heterocycles. The molecule has 3 aromatic rings. The summed E-state index contributed by atoms with van der Waals surface area (Å²) in [5.74, 6) is -0.104. The van der Waals surface area contributed by atoms with Gasteiger partial charge in [0.15, 0.2) is 17.3 Å². The van der Waals surface area contributed by atoms with E-state index in [1.165, 1.54) is 21.3 Å². The molecule has 0 radical (unpaired) electrons. The van der Waals surface area contributed by atoms with Crippen molar-refractivity contribution in [3.8, 4) is 28.4 Å². The molecule has 0 amide bonds. The summed E-state index contributed by atoms with van der Waals surface area (Å²) in [7, 11) is 4.55. The van der Waals surface area contributed by atoms with E-state index in [0.717, 1.165) is 15.7 Å². The number of methoxy groups -OCH3 is 3. The van der Waals surface area contributed by atoms with Gasteiger partial charge in [-0.25, -0.2) is 4.79 Å². The van der Waals surface area contributed by atoms with E-state index in [0.29, 0.717) is 29.0 Å². The second kappa shape index (κ2) is 8.64. The monoisotopic (exact) mass is 414 g/mol. The zero-order chi connectivity index (χ0) is 21.8. The summed E-state index contributed by atoms with van der Waals surface area (Å²) in [5, 5.41) is 0. The molecule has 0 fully saturated rings. The minimum atomic E-state index is -1.14. The molecule has 0 saturated carbocycles. The second-order valence-electron chi connectivity index (χ2n) is 6.28. The van der Waals surface area contributed by atoms with Crippen molar-refractivity contribution in [2.45, 2.75) is 6.54 Å². The number of aromatic amines is 1. The van der Waals surface area contributed by atoms with Gasteiger partial charge in [-0.2, -0.15) is 4.39 Å². The Bertz CT molecular complexity index is 1170. The van der Waals surface area contributed by atoms with Gasteiger partial charge in [0.1, 0.15) is 0 Å². The Hall–Kier alpha value is -3.88. The number of aromatic nitrogens is 2. The summed E-state index contributed by atoms with van der Waals surface area (Å²) < 4.78 is 30.2. The lowest BCUT2D eigenvalue weighted by Crippen LogP contribution is -2.33. The lowest BCUT2D eigenvalue weighted by atomic mass is 10.0. The highest BCUT2D eigenvalue weighted by molar-refractivity contribution is 5.96. The standard InChI is InChI=1S/C21H19FN2O6/c1-28-17-8-14(9-18(29-2)19(17)30-3)12-4-6-13(7-5-12)16(25)11-24-10-15(22)20(26)23-21(24)27/h4-10H,11H2,1-3H3,(H,23,26,27). The fourth-order valence-electron chi connectivity index (χ4n) is 2.94. The van der Waals surface area contributed by atoms with Crippen LogP contribution in [0.2, 0.25) is 0 Å². The maximum atomic E-state index is 13.4. The minimum Gasteiger partial charge on any atom is -0.493 e. The van der Waals surface area contributed by atoms with Gasteiger partial charge in [0, 0.05) is 5.56 Å². The van der Waals surface area contributed by atoms with Crippen LogP contribution in [0.3, 0.4) is 0 Å². The van der Waals surface area contributed by atoms with Gasteiger partial charge in [-0.3, -0.25) is 19.1 Å². The van der Waals surface area contributed by atoms with Crippen molar-refractivity contribution in [1.29, 1.82) is 0 Å². The van der Waals surface area contributed by atoms with Gasteiger partial charge >= 0.3 is 5.69 Å². The first-order valence-electron chi connectivity index (χ1n) is 8.80. The lowest BCUT2D eigenvalue weighted by Gasteiger charge is -2.14. The van der Waals surface area contributed by atoms with E-state index in [2.05, 4.69) is 0 Å². The molecule has 0 spiro atoms. The van der Waals surface area contributed by atoms with E-state index in [-0.39, 0.29) is 0 Å². The Morgan fingerprint density at radius 3 is 2.10 bits per heavy atom. The SMILES string of the molecule is COc1cc(-c2ccc(C(=O)Cn3cc(F)c(=O)[nH]c3=O)cc2)cc(OC)c1OC. The van der Waals surface area contributed by atoms with Crippen LogP contribution in [0.15, 0.2) is 52.2 Å². The number of carbonyl (C=O) groups is 1. The fraction of sp³-hybridized carbons (Fsp3) is 0.190. The van der Waals surface area contributed by atoms with Gasteiger partial charge < -0.3 is 14.2 Å². The van der Waals surface area contributed by atoms with E-state index >= 15 is 0 Å². The molecule has 0 aliphatic carbocycles. The number of hydrogen-bond donors (Lipinski definition) is 1. The first kappa shape index (κ1) is 20.8. The number of Topliss-reactive ketones (excluding diaryl/α,β-unsaturated/α-hetero) is 1. The largest absolute Gasteiger partial charge is 0.493 e. The molecule has 2 aromatic carbocycles. The van der Waals surface area contributed by atoms with Crippen molar-refractivity contribution in [2.24, 2.45) is 0 Å². The fourth-order valence-corrected chi connectivity index (χ4v) is 2.94. The molecule has 0 aliphatic rings. The molecule has 156 valence electrons. The van der Waals surface area contributed by atoms with E-state index in [9.17, 15) is 18.8 Å². The lowest BCUT2D eigenvalue weighted by molar-refractivity contribution is 0.0970. The summed E-state index contributed by atoms with van der Waals surface area (Å²) >= 11 is 0. The average Bonchev–Trinajstić information content (AvgIpc) is 2.76. The van der Waals surface area contributed by atoms with Crippen LogP contribution in [0, 0.1) is 5.82 Å². The number of carbonyl (C=O) groups excluding carboxylic acids is 1. The molecule has 0 saturated heterocycles. The minimum absolute atomic E-state index is 0.324. The number of rotatable bonds is 7. The number of halogens is 1. The number of ether oxygens (including phenoxy) is 3. The third kappa shape index (κ3) is 4.09. The van der Waals surface area contributed by atoms with E-state index in [1.807, 2.05) is 4.98 Å². The highest BCUT2D eigenvalue weighted by Gasteiger charge is 2.15. The van der Waals surface area contributed by atoms with Crippen LogP contribution in [-0.4, -0.2) is 36.7 Å². The van der Waals surface area contributed by atoms with E-state index in [1.54, 1.807) is 36.4 Å². The molecule has 1 heterocycles. The molecule has 1 N–H and O–H groups in total. The Labute approximate surface area is 170 Å². The molecule has 8 nitrogen and oxygen atoms in total. The first-order chi connectivity index (χ1) is 14.4. The molecule has 0 unspecified atom stereocenters. The summed E-state index contributed by atoms with van der Waals surface area (Å²) in [6.45, 7) is -0.407. The Morgan fingerprint density at radius 2 is 1.57 bits per heavy atom. The van der Waals surface area contributed by atoms with Crippen LogP contribution < -0.4 is 25.5 Å². The average molecular weight is 414 g/mol. The van der Waals surface area contributed by atoms with Crippen LogP contribution in [0.5, 0.6) is 17.2 Å². The van der Waals surface area contributed by atoms with Crippen molar-refractivity contribution in [2.75, 3.05) is 21.3 Å². The smallest absolute Gasteiger partial charge is 0.328 e. The van der Waals surface area contributed by atoms with Crippen molar-refractivity contribution < 1.29 is 23.4 Å². The molecular formula is C21H19FN2O6. The van der Waals surface area contributed by atoms with Crippen LogP contribution in [-0.2, 0) is 6.54 Å². The van der Waals surface area contributed by atoms with Crippen molar-refractivity contribution >= 4 is 5.78 Å². The normalized spacial score (nSPS) is 10.5. The van der Waals surface area contributed by atoms with Gasteiger partial charge in [0.05, 0.1) is 34.1 Å². The molecule has 9 heteroatoms. The van der Waals surface area contributed by atoms with Crippen molar-refractivity contribution in [3.05, 3.63) is 74.8 Å². The summed E-state index contributed by atoms with van der Waals surface area (Å²) in [6, 6.07) is 10.2. The maximum absolute atomic E-state index is 13.4. The van der Waals surface area contributed by atoms with Gasteiger partial charge in [-0.05, 0) is 23.3 Å². The summed E-state index contributed by atoms with van der Waals surface area (Å²) in [5.41, 5.74) is -0.0904. The summed E-state index contributed by atoms with van der Waals surface area (Å²) in [4.78, 5) is 37.1. The van der Waals surface area contributed by atoms with Crippen molar-refractivity contribution in [1.82, 2.24) is 9.55 Å². The van der Waals surface area contributed by atoms with Crippen LogP contribution in [0.1, 0.15) is 10.4 Å². The zero-order valence-corrected chi connectivity index (χ0v) is 16.5. The van der Waals surface area contributed by atoms with Crippen LogP contribution in [0.25, 0.3) is 11.1 Å². The van der Waals surface area contributed by atoms with Crippen LogP contribution >= 0.6 is 0 Å². The third-order valence-corrected chi connectivity index (χ3v) is 4.49. The van der Waals surface area contributed by atoms with E-state index in [4.69, 9.17) is 14.2 Å². The summed E-state index contributed by atoms with van der Waals surface area (Å²) in [6.07, 6.45) is 0.712. The van der Waals surface area contributed by atoms with E-state index < -0.39 is 29.4 Å². The molecule has 0 bridgehead atoms. The Balaban J connectivity index is 1.88. The third-order valence-electron chi connectivity index (χ3n) is 4.49. The highest BCUT2D eigenvalue weighted by atomic mass is 19.1. The number of nitrogens with one attached hydrogen (secondary N) is 1. The molecule has 30 heavy (non-hydrogen) atoms. The molecule has 0 atom stereocenters. The maximum Gasteiger partial charge on any atom is 0.328 e. The predicted molar refractivity (Wildman–Crippen MR) is 107 cm³/mol. The number of ketones is 1. The number of hydrogen-bond acceptors (Lipinski definition) is 6. The second-order valence-corrected chi connectivity index (χ2v) is 6.28.